The van der Waals surface area contributed by atoms with Crippen LogP contribution < -0.4 is 4.74 Å². The van der Waals surface area contributed by atoms with Gasteiger partial charge in [-0.15, -0.1) is 0 Å². The Morgan fingerprint density at radius 1 is 1.45 bits per heavy atom. The van der Waals surface area contributed by atoms with E-state index in [1.165, 1.54) is 12.0 Å². The molecule has 1 aromatic rings. The third-order valence-electron chi connectivity index (χ3n) is 4.82. The van der Waals surface area contributed by atoms with Gasteiger partial charge in [0.05, 0.1) is 6.61 Å². The van der Waals surface area contributed by atoms with Gasteiger partial charge in [0.2, 0.25) is 0 Å². The number of aromatic hydroxyl groups is 1. The van der Waals surface area contributed by atoms with E-state index in [4.69, 9.17) is 4.74 Å². The molecule has 1 saturated heterocycles. The van der Waals surface area contributed by atoms with Crippen molar-refractivity contribution in [1.82, 2.24) is 4.90 Å². The minimum Gasteiger partial charge on any atom is -0.504 e. The molecular formula is C17H23NO2. The van der Waals surface area contributed by atoms with E-state index in [1.807, 2.05) is 19.1 Å². The molecule has 0 amide bonds. The average molecular weight is 273 g/mol. The normalized spacial score (nSPS) is 29.4. The Morgan fingerprint density at radius 2 is 2.30 bits per heavy atom. The van der Waals surface area contributed by atoms with Gasteiger partial charge < -0.3 is 14.7 Å². The Kier molecular flexibility index (Phi) is 3.47. The van der Waals surface area contributed by atoms with Gasteiger partial charge in [0.25, 0.3) is 0 Å². The van der Waals surface area contributed by atoms with Crippen LogP contribution in [0.4, 0.5) is 0 Å². The maximum absolute atomic E-state index is 10.2. The van der Waals surface area contributed by atoms with Gasteiger partial charge in [-0.1, -0.05) is 18.2 Å². The van der Waals surface area contributed by atoms with E-state index in [1.54, 1.807) is 0 Å². The van der Waals surface area contributed by atoms with E-state index in [0.29, 0.717) is 18.4 Å². The Hall–Kier alpha value is -1.48. The molecule has 1 aromatic carbocycles. The van der Waals surface area contributed by atoms with Gasteiger partial charge in [-0.2, -0.15) is 0 Å². The molecular weight excluding hydrogens is 250 g/mol. The molecule has 0 spiro atoms. The van der Waals surface area contributed by atoms with Crippen LogP contribution in [-0.4, -0.2) is 36.2 Å². The Labute approximate surface area is 120 Å². The fourth-order valence-electron chi connectivity index (χ4n) is 3.81. The highest BCUT2D eigenvalue weighted by Gasteiger charge is 2.46. The summed E-state index contributed by atoms with van der Waals surface area (Å²) in [5.41, 5.74) is 1.28. The molecule has 0 saturated carbocycles. The van der Waals surface area contributed by atoms with E-state index >= 15 is 0 Å². The van der Waals surface area contributed by atoms with E-state index in [0.717, 1.165) is 19.4 Å². The van der Waals surface area contributed by atoms with Crippen LogP contribution in [0.5, 0.6) is 11.5 Å². The molecule has 1 unspecified atom stereocenters. The minimum absolute atomic E-state index is 0.0647. The molecule has 2 atom stereocenters. The van der Waals surface area contributed by atoms with E-state index in [2.05, 4.69) is 30.2 Å². The fraction of sp³-hybridized carbons (Fsp3) is 0.529. The van der Waals surface area contributed by atoms with E-state index in [-0.39, 0.29) is 11.2 Å². The lowest BCUT2D eigenvalue weighted by atomic mass is 9.70. The van der Waals surface area contributed by atoms with Crippen molar-refractivity contribution >= 4 is 0 Å². The second-order valence-electron chi connectivity index (χ2n) is 5.88. The number of likely N-dealkylation sites (tertiary alicyclic amines) is 1. The van der Waals surface area contributed by atoms with Crippen molar-refractivity contribution in [2.75, 3.05) is 20.2 Å². The van der Waals surface area contributed by atoms with Crippen LogP contribution in [0.2, 0.25) is 0 Å². The van der Waals surface area contributed by atoms with Gasteiger partial charge in [0, 0.05) is 11.5 Å². The number of fused-ring (bicyclic) bond motifs is 1. The second-order valence-corrected chi connectivity index (χ2v) is 5.88. The molecule has 2 aliphatic rings. The predicted octanol–water partition coefficient (Wildman–Crippen LogP) is 3.08. The van der Waals surface area contributed by atoms with Gasteiger partial charge in [-0.3, -0.25) is 0 Å². The zero-order valence-electron chi connectivity index (χ0n) is 12.3. The number of nitrogens with zero attached hydrogens (tertiary/aromatic N) is 1. The van der Waals surface area contributed by atoms with Crippen molar-refractivity contribution in [2.24, 2.45) is 0 Å². The number of benzene rings is 1. The molecule has 3 rings (SSSR count). The monoisotopic (exact) mass is 273 g/mol. The summed E-state index contributed by atoms with van der Waals surface area (Å²) in [5, 5.41) is 10.2. The molecule has 1 N–H and O–H groups in total. The topological polar surface area (TPSA) is 32.7 Å². The summed E-state index contributed by atoms with van der Waals surface area (Å²) in [6, 6.07) is 6.46. The first-order valence-corrected chi connectivity index (χ1v) is 7.51. The van der Waals surface area contributed by atoms with Crippen molar-refractivity contribution in [3.8, 4) is 11.5 Å². The molecule has 0 bridgehead atoms. The molecule has 0 radical (unpaired) electrons. The molecule has 3 heteroatoms. The number of allylic oxidation sites excluding steroid dienone is 1. The number of likely N-dealkylation sites (N-methyl/N-ethyl adjacent to an activating group) is 1. The lowest BCUT2D eigenvalue weighted by molar-refractivity contribution is 0.248. The van der Waals surface area contributed by atoms with Gasteiger partial charge >= 0.3 is 0 Å². The molecule has 0 aromatic heterocycles. The number of phenols is 1. The Morgan fingerprint density at radius 3 is 3.05 bits per heavy atom. The Balaban J connectivity index is 2.00. The molecule has 1 aliphatic carbocycles. The van der Waals surface area contributed by atoms with Crippen LogP contribution in [0, 0.1) is 0 Å². The van der Waals surface area contributed by atoms with Gasteiger partial charge in [-0.25, -0.2) is 0 Å². The second kappa shape index (κ2) is 5.13. The lowest BCUT2D eigenvalue weighted by Gasteiger charge is -2.38. The molecule has 1 heterocycles. The predicted molar refractivity (Wildman–Crippen MR) is 80.4 cm³/mol. The number of ether oxygens (including phenoxy) is 1. The van der Waals surface area contributed by atoms with E-state index < -0.39 is 0 Å². The number of hydrogen-bond acceptors (Lipinski definition) is 3. The quantitative estimate of drug-likeness (QED) is 0.859. The highest BCUT2D eigenvalue weighted by Crippen LogP contribution is 2.46. The zero-order chi connectivity index (χ0) is 14.2. The van der Waals surface area contributed by atoms with Crippen LogP contribution in [-0.2, 0) is 5.41 Å². The number of phenolic OH excluding ortho intramolecular Hbond substituents is 1. The maximum Gasteiger partial charge on any atom is 0.160 e. The lowest BCUT2D eigenvalue weighted by Crippen LogP contribution is -2.41. The van der Waals surface area contributed by atoms with Gasteiger partial charge in [0.1, 0.15) is 0 Å². The summed E-state index contributed by atoms with van der Waals surface area (Å²) in [7, 11) is 2.21. The van der Waals surface area contributed by atoms with Crippen molar-refractivity contribution < 1.29 is 9.84 Å². The first-order valence-electron chi connectivity index (χ1n) is 7.51. The summed E-state index contributed by atoms with van der Waals surface area (Å²) in [4.78, 5) is 2.46. The standard InChI is InChI=1S/C17H23NO2/c1-3-20-15-8-7-13(12-14(15)19)17-9-5-4-6-16(17)18(2)11-10-17/h5,7-9,12,16,19H,3-4,6,10-11H2,1-2H3/t16?,17-/m0/s1. The molecule has 1 fully saturated rings. The highest BCUT2D eigenvalue weighted by molar-refractivity contribution is 5.47. The zero-order valence-corrected chi connectivity index (χ0v) is 12.3. The number of hydrogen-bond donors (Lipinski definition) is 1. The molecule has 3 nitrogen and oxygen atoms in total. The largest absolute Gasteiger partial charge is 0.504 e. The van der Waals surface area contributed by atoms with Crippen molar-refractivity contribution in [1.29, 1.82) is 0 Å². The molecule has 108 valence electrons. The summed E-state index contributed by atoms with van der Waals surface area (Å²) in [5.74, 6) is 0.835. The first kappa shape index (κ1) is 13.5. The van der Waals surface area contributed by atoms with Crippen molar-refractivity contribution in [3.63, 3.8) is 0 Å². The molecule has 20 heavy (non-hydrogen) atoms. The summed E-state index contributed by atoms with van der Waals surface area (Å²) < 4.78 is 5.43. The number of rotatable bonds is 3. The Bertz CT molecular complexity index is 526. The highest BCUT2D eigenvalue weighted by atomic mass is 16.5. The maximum atomic E-state index is 10.2. The van der Waals surface area contributed by atoms with Gasteiger partial charge in [-0.05, 0) is 57.5 Å². The van der Waals surface area contributed by atoms with Crippen LogP contribution in [0.25, 0.3) is 0 Å². The fourth-order valence-corrected chi connectivity index (χ4v) is 3.81. The first-order chi connectivity index (χ1) is 9.67. The average Bonchev–Trinajstić information content (AvgIpc) is 2.80. The van der Waals surface area contributed by atoms with Crippen LogP contribution >= 0.6 is 0 Å². The molecule has 1 aliphatic heterocycles. The van der Waals surface area contributed by atoms with E-state index in [9.17, 15) is 5.11 Å². The van der Waals surface area contributed by atoms with Crippen LogP contribution in [0.1, 0.15) is 31.7 Å². The van der Waals surface area contributed by atoms with Crippen LogP contribution in [0.3, 0.4) is 0 Å². The third kappa shape index (κ3) is 2.01. The van der Waals surface area contributed by atoms with Crippen molar-refractivity contribution in [3.05, 3.63) is 35.9 Å². The summed E-state index contributed by atoms with van der Waals surface area (Å²) in [6.45, 7) is 3.62. The minimum atomic E-state index is 0.0647. The summed E-state index contributed by atoms with van der Waals surface area (Å²) >= 11 is 0. The SMILES string of the molecule is CCOc1ccc([C@@]23C=CCCC2N(C)CC3)cc1O. The van der Waals surface area contributed by atoms with Crippen LogP contribution in [0.15, 0.2) is 30.4 Å². The smallest absolute Gasteiger partial charge is 0.160 e. The van der Waals surface area contributed by atoms with Crippen molar-refractivity contribution in [2.45, 2.75) is 37.6 Å². The summed E-state index contributed by atoms with van der Waals surface area (Å²) in [6.07, 6.45) is 8.13. The van der Waals surface area contributed by atoms with Gasteiger partial charge in [0.15, 0.2) is 11.5 Å². The third-order valence-corrected chi connectivity index (χ3v) is 4.82.